The number of aliphatic hydroxyl groups excluding tert-OH is 1. The largest absolute Gasteiger partial charge is 0.396 e. The summed E-state index contributed by atoms with van der Waals surface area (Å²) in [6.07, 6.45) is 5.43. The van der Waals surface area contributed by atoms with Crippen LogP contribution in [0.25, 0.3) is 0 Å². The maximum atomic E-state index is 9.01. The van der Waals surface area contributed by atoms with Crippen molar-refractivity contribution < 1.29 is 15.4 Å². The lowest BCUT2D eigenvalue weighted by Crippen LogP contribution is -2.07. The summed E-state index contributed by atoms with van der Waals surface area (Å²) in [6, 6.07) is 5.53. The Hall–Kier alpha value is -1.48. The molecule has 7 nitrogen and oxygen atoms in total. The number of rotatable bonds is 6. The molecular formula is C13H15Cl2N3O4S. The van der Waals surface area contributed by atoms with E-state index in [4.69, 9.17) is 43.6 Å². The predicted octanol–water partition coefficient (Wildman–Crippen LogP) is 3.31. The first kappa shape index (κ1) is 19.6. The maximum Gasteiger partial charge on any atom is 0.291 e. The van der Waals surface area contributed by atoms with E-state index in [1.807, 2.05) is 22.9 Å². The van der Waals surface area contributed by atoms with Crippen LogP contribution >= 0.6 is 35.0 Å². The third-order valence-electron chi connectivity index (χ3n) is 2.66. The fourth-order valence-corrected chi connectivity index (χ4v) is 3.44. The minimum atomic E-state index is -1.50. The van der Waals surface area contributed by atoms with E-state index in [-0.39, 0.29) is 11.9 Å². The highest BCUT2D eigenvalue weighted by molar-refractivity contribution is 7.99. The van der Waals surface area contributed by atoms with Crippen LogP contribution in [0.1, 0.15) is 10.8 Å². The van der Waals surface area contributed by atoms with Gasteiger partial charge in [-0.05, 0) is 17.7 Å². The van der Waals surface area contributed by atoms with E-state index in [0.717, 1.165) is 12.1 Å². The van der Waals surface area contributed by atoms with Gasteiger partial charge in [-0.25, -0.2) is 4.98 Å². The molecule has 1 unspecified atom stereocenters. The second-order valence-corrected chi connectivity index (χ2v) is 6.40. The van der Waals surface area contributed by atoms with Crippen molar-refractivity contribution in [1.82, 2.24) is 9.55 Å². The van der Waals surface area contributed by atoms with Crippen molar-refractivity contribution in [1.29, 1.82) is 0 Å². The number of imidazole rings is 1. The van der Waals surface area contributed by atoms with Gasteiger partial charge < -0.3 is 14.9 Å². The first-order valence-electron chi connectivity index (χ1n) is 6.40. The van der Waals surface area contributed by atoms with Gasteiger partial charge in [0.1, 0.15) is 0 Å². The molecule has 0 radical (unpaired) electrons. The van der Waals surface area contributed by atoms with Gasteiger partial charge in [0, 0.05) is 40.0 Å². The van der Waals surface area contributed by atoms with E-state index in [0.29, 0.717) is 15.8 Å². The molecule has 1 aromatic heterocycles. The lowest BCUT2D eigenvalue weighted by Gasteiger charge is -2.18. The molecule has 2 aromatic rings. The number of aliphatic hydroxyl groups is 1. The quantitative estimate of drug-likeness (QED) is 0.589. The Morgan fingerprint density at radius 1 is 1.43 bits per heavy atom. The number of aromatic nitrogens is 2. The van der Waals surface area contributed by atoms with E-state index in [9.17, 15) is 0 Å². The number of hydrogen-bond acceptors (Lipinski definition) is 5. The smallest absolute Gasteiger partial charge is 0.291 e. The van der Waals surface area contributed by atoms with E-state index in [1.165, 1.54) is 0 Å². The third kappa shape index (κ3) is 7.56. The van der Waals surface area contributed by atoms with Gasteiger partial charge in [0.05, 0.1) is 12.9 Å². The average molecular weight is 380 g/mol. The van der Waals surface area contributed by atoms with Gasteiger partial charge in [0.15, 0.2) is 0 Å². The summed E-state index contributed by atoms with van der Waals surface area (Å²) in [5, 5.41) is 24.1. The minimum Gasteiger partial charge on any atom is -0.396 e. The first-order valence-corrected chi connectivity index (χ1v) is 8.21. The molecule has 0 aliphatic rings. The van der Waals surface area contributed by atoms with Crippen molar-refractivity contribution in [3.63, 3.8) is 0 Å². The molecule has 126 valence electrons. The van der Waals surface area contributed by atoms with Crippen LogP contribution in [0, 0.1) is 10.1 Å². The molecule has 23 heavy (non-hydrogen) atoms. The number of nitrogens with zero attached hydrogens (tertiary/aromatic N) is 3. The van der Waals surface area contributed by atoms with Gasteiger partial charge >= 0.3 is 0 Å². The molecule has 0 aliphatic carbocycles. The molecular weight excluding hydrogens is 365 g/mol. The van der Waals surface area contributed by atoms with Crippen LogP contribution in [0.2, 0.25) is 10.0 Å². The van der Waals surface area contributed by atoms with E-state index < -0.39 is 5.09 Å². The number of thioether (sulfide) groups is 1. The molecule has 0 saturated heterocycles. The van der Waals surface area contributed by atoms with Crippen LogP contribution < -0.4 is 0 Å². The fraction of sp³-hybridized carbons (Fsp3) is 0.308. The van der Waals surface area contributed by atoms with Crippen molar-refractivity contribution in [2.24, 2.45) is 0 Å². The third-order valence-corrected chi connectivity index (χ3v) is 4.44. The van der Waals surface area contributed by atoms with Crippen LogP contribution in [0.4, 0.5) is 0 Å². The zero-order valence-corrected chi connectivity index (χ0v) is 14.2. The van der Waals surface area contributed by atoms with Crippen molar-refractivity contribution in [2.45, 2.75) is 11.8 Å². The van der Waals surface area contributed by atoms with Gasteiger partial charge in [-0.15, -0.1) is 21.9 Å². The number of hydrogen-bond donors (Lipinski definition) is 2. The number of halogens is 2. The van der Waals surface area contributed by atoms with Gasteiger partial charge in [0.25, 0.3) is 5.09 Å². The molecule has 0 aliphatic heterocycles. The van der Waals surface area contributed by atoms with Gasteiger partial charge in [-0.1, -0.05) is 29.3 Å². The zero-order valence-electron chi connectivity index (χ0n) is 11.9. The normalized spacial score (nSPS) is 11.4. The predicted molar refractivity (Wildman–Crippen MR) is 89.8 cm³/mol. The molecule has 1 atom stereocenters. The summed E-state index contributed by atoms with van der Waals surface area (Å²) >= 11 is 13.8. The summed E-state index contributed by atoms with van der Waals surface area (Å²) in [5.41, 5.74) is 1.03. The monoisotopic (exact) mass is 379 g/mol. The molecule has 0 bridgehead atoms. The molecule has 1 heterocycles. The summed E-state index contributed by atoms with van der Waals surface area (Å²) in [5.74, 6) is 0.665. The second kappa shape index (κ2) is 10.3. The molecule has 2 rings (SSSR count). The Bertz CT molecular complexity index is 609. The maximum absolute atomic E-state index is 9.01. The van der Waals surface area contributed by atoms with Crippen LogP contribution in [0.15, 0.2) is 36.9 Å². The molecule has 1 aromatic carbocycles. The summed E-state index contributed by atoms with van der Waals surface area (Å²) in [6.45, 7) is 0.905. The highest BCUT2D eigenvalue weighted by Gasteiger charge is 2.16. The highest BCUT2D eigenvalue weighted by atomic mass is 35.5. The first-order chi connectivity index (χ1) is 10.9. The lowest BCUT2D eigenvalue weighted by molar-refractivity contribution is -0.742. The standard InChI is InChI=1S/C13H14Cl2N2OS.HNO3/c14-10-1-2-11(12(15)7-10)13(19-6-5-18)8-17-4-3-16-9-17;2-1(3)4/h1-4,7,9,13,18H,5-6,8H2;(H,2,3,4). The Balaban J connectivity index is 0.000000593. The molecule has 0 fully saturated rings. The average Bonchev–Trinajstić information content (AvgIpc) is 2.96. The molecule has 0 amide bonds. The van der Waals surface area contributed by atoms with Crippen molar-refractivity contribution in [3.8, 4) is 0 Å². The Labute approximate surface area is 147 Å². The van der Waals surface area contributed by atoms with Crippen molar-refractivity contribution in [2.75, 3.05) is 12.4 Å². The molecule has 10 heteroatoms. The van der Waals surface area contributed by atoms with Crippen LogP contribution in [-0.4, -0.2) is 37.3 Å². The Morgan fingerprint density at radius 2 is 2.13 bits per heavy atom. The molecule has 0 spiro atoms. The Morgan fingerprint density at radius 3 is 2.65 bits per heavy atom. The number of benzene rings is 1. The van der Waals surface area contributed by atoms with Crippen LogP contribution in [0.3, 0.4) is 0 Å². The van der Waals surface area contributed by atoms with Crippen LogP contribution in [-0.2, 0) is 6.54 Å². The summed E-state index contributed by atoms with van der Waals surface area (Å²) in [4.78, 5) is 12.4. The van der Waals surface area contributed by atoms with Gasteiger partial charge in [0.2, 0.25) is 0 Å². The molecule has 2 N–H and O–H groups in total. The van der Waals surface area contributed by atoms with Gasteiger partial charge in [-0.3, -0.25) is 0 Å². The second-order valence-electron chi connectivity index (χ2n) is 4.25. The topological polar surface area (TPSA) is 101 Å². The SMILES string of the molecule is O=[N+]([O-])O.OCCSC(Cn1ccnc1)c1ccc(Cl)cc1Cl. The summed E-state index contributed by atoms with van der Waals surface area (Å²) in [7, 11) is 0. The van der Waals surface area contributed by atoms with E-state index in [1.54, 1.807) is 30.4 Å². The zero-order chi connectivity index (χ0) is 17.2. The summed E-state index contributed by atoms with van der Waals surface area (Å²) < 4.78 is 2.00. The molecule has 0 saturated carbocycles. The fourth-order valence-electron chi connectivity index (χ4n) is 1.78. The van der Waals surface area contributed by atoms with E-state index in [2.05, 4.69) is 4.98 Å². The highest BCUT2D eigenvalue weighted by Crippen LogP contribution is 2.36. The Kier molecular flexibility index (Phi) is 8.78. The van der Waals surface area contributed by atoms with Gasteiger partial charge in [-0.2, -0.15) is 0 Å². The van der Waals surface area contributed by atoms with Crippen LogP contribution in [0.5, 0.6) is 0 Å². The lowest BCUT2D eigenvalue weighted by atomic mass is 10.1. The van der Waals surface area contributed by atoms with E-state index >= 15 is 0 Å². The minimum absolute atomic E-state index is 0.149. The van der Waals surface area contributed by atoms with Crippen molar-refractivity contribution in [3.05, 3.63) is 62.6 Å². The van der Waals surface area contributed by atoms with Crippen molar-refractivity contribution >= 4 is 35.0 Å².